The lowest BCUT2D eigenvalue weighted by atomic mass is 9.96. The van der Waals surface area contributed by atoms with E-state index < -0.39 is 11.8 Å². The van der Waals surface area contributed by atoms with Crippen LogP contribution in [0.25, 0.3) is 0 Å². The Morgan fingerprint density at radius 1 is 0.927 bits per heavy atom. The Hall–Kier alpha value is -3.59. The third kappa shape index (κ3) is 5.91. The van der Waals surface area contributed by atoms with Gasteiger partial charge in [0.15, 0.2) is 0 Å². The fourth-order valence-corrected chi connectivity index (χ4v) is 5.77. The summed E-state index contributed by atoms with van der Waals surface area (Å²) >= 11 is 12.2. The first kappa shape index (κ1) is 28.9. The number of likely N-dealkylation sites (tertiary alicyclic amines) is 1. The van der Waals surface area contributed by atoms with Gasteiger partial charge >= 0.3 is 0 Å². The molecule has 2 fully saturated rings. The number of carbonyl (C=O) groups is 3. The highest BCUT2D eigenvalue weighted by atomic mass is 35.5. The van der Waals surface area contributed by atoms with Crippen molar-refractivity contribution in [1.29, 1.82) is 0 Å². The number of ether oxygens (including phenoxy) is 2. The molecule has 3 amide bonds. The smallest absolute Gasteiger partial charge is 0.257 e. The molecule has 214 valence electrons. The molecular formula is C31H31Cl2N3O5. The normalized spacial score (nSPS) is 18.7. The van der Waals surface area contributed by atoms with Crippen molar-refractivity contribution in [2.45, 2.75) is 37.6 Å². The molecular weight excluding hydrogens is 565 g/mol. The van der Waals surface area contributed by atoms with E-state index in [4.69, 9.17) is 32.7 Å². The summed E-state index contributed by atoms with van der Waals surface area (Å²) in [5.41, 5.74) is 0.720. The molecule has 2 heterocycles. The summed E-state index contributed by atoms with van der Waals surface area (Å²) in [5, 5.41) is 3.73. The molecule has 41 heavy (non-hydrogen) atoms. The Balaban J connectivity index is 1.39. The highest BCUT2D eigenvalue weighted by Gasteiger charge is 2.54. The zero-order valence-corrected chi connectivity index (χ0v) is 24.3. The van der Waals surface area contributed by atoms with Gasteiger partial charge < -0.3 is 19.7 Å². The predicted octanol–water partition coefficient (Wildman–Crippen LogP) is 5.35. The monoisotopic (exact) mass is 595 g/mol. The van der Waals surface area contributed by atoms with Crippen molar-refractivity contribution in [1.82, 2.24) is 15.1 Å². The minimum atomic E-state index is -1.05. The van der Waals surface area contributed by atoms with Crippen LogP contribution < -0.4 is 10.1 Å². The maximum Gasteiger partial charge on any atom is 0.257 e. The van der Waals surface area contributed by atoms with Crippen molar-refractivity contribution in [3.8, 4) is 5.75 Å². The number of rotatable bonds is 6. The van der Waals surface area contributed by atoms with Gasteiger partial charge in [-0.25, -0.2) is 0 Å². The number of hydrogen-bond acceptors (Lipinski definition) is 5. The summed E-state index contributed by atoms with van der Waals surface area (Å²) in [6, 6.07) is 20.1. The molecule has 1 N–H and O–H groups in total. The first-order valence-corrected chi connectivity index (χ1v) is 14.2. The second-order valence-electron chi connectivity index (χ2n) is 10.2. The Bertz CT molecular complexity index is 1440. The fourth-order valence-electron chi connectivity index (χ4n) is 5.47. The molecule has 0 aromatic heterocycles. The van der Waals surface area contributed by atoms with E-state index in [1.54, 1.807) is 52.3 Å². The van der Waals surface area contributed by atoms with E-state index in [1.165, 1.54) is 7.11 Å². The van der Waals surface area contributed by atoms with Crippen molar-refractivity contribution in [3.05, 3.63) is 99.5 Å². The molecule has 2 atom stereocenters. The van der Waals surface area contributed by atoms with Crippen molar-refractivity contribution < 1.29 is 23.9 Å². The van der Waals surface area contributed by atoms with Crippen molar-refractivity contribution >= 4 is 40.9 Å². The van der Waals surface area contributed by atoms with E-state index in [0.29, 0.717) is 52.9 Å². The van der Waals surface area contributed by atoms with Crippen LogP contribution in [0.5, 0.6) is 5.75 Å². The number of methoxy groups -OCH3 is 1. The van der Waals surface area contributed by atoms with Gasteiger partial charge in [0.1, 0.15) is 17.5 Å². The molecule has 0 saturated carbocycles. The zero-order chi connectivity index (χ0) is 29.1. The minimum Gasteiger partial charge on any atom is -0.497 e. The highest BCUT2D eigenvalue weighted by Crippen LogP contribution is 2.39. The second kappa shape index (κ2) is 12.1. The predicted molar refractivity (Wildman–Crippen MR) is 156 cm³/mol. The van der Waals surface area contributed by atoms with Gasteiger partial charge in [0.25, 0.3) is 11.8 Å². The standard InChI is InChI=1S/C31H31Cl2N3O5/c1-20(21-7-4-3-5-8-21)34-28(37)27-19-41-31(36(27)30(39)22-9-6-10-24(17-22)40-2)13-15-35(16-14-31)29(38)23-11-12-25(32)26(33)18-23/h3-12,17-18,20,27H,13-16,19H2,1-2H3,(H,34,37)/t20-,27+/m0/s1. The number of nitrogens with one attached hydrogen (secondary N) is 1. The summed E-state index contributed by atoms with van der Waals surface area (Å²) in [4.78, 5) is 44.2. The molecule has 2 aliphatic rings. The minimum absolute atomic E-state index is 0.0454. The number of halogens is 2. The van der Waals surface area contributed by atoms with E-state index in [-0.39, 0.29) is 30.4 Å². The Morgan fingerprint density at radius 3 is 2.32 bits per heavy atom. The lowest BCUT2D eigenvalue weighted by Gasteiger charge is -2.44. The van der Waals surface area contributed by atoms with Crippen LogP contribution in [-0.2, 0) is 9.53 Å². The number of piperidine rings is 1. The third-order valence-corrected chi connectivity index (χ3v) is 8.49. The average molecular weight is 597 g/mol. The van der Waals surface area contributed by atoms with Crippen LogP contribution in [0.15, 0.2) is 72.8 Å². The number of benzene rings is 3. The van der Waals surface area contributed by atoms with Crippen LogP contribution in [0.3, 0.4) is 0 Å². The van der Waals surface area contributed by atoms with Gasteiger partial charge in [0, 0.05) is 37.1 Å². The van der Waals surface area contributed by atoms with Crippen LogP contribution in [0, 0.1) is 0 Å². The van der Waals surface area contributed by atoms with Gasteiger partial charge in [0.2, 0.25) is 5.91 Å². The summed E-state index contributed by atoms with van der Waals surface area (Å²) in [6.07, 6.45) is 0.682. The van der Waals surface area contributed by atoms with Gasteiger partial charge in [-0.3, -0.25) is 19.3 Å². The maximum atomic E-state index is 14.1. The fraction of sp³-hybridized carbons (Fsp3) is 0.323. The molecule has 0 bridgehead atoms. The van der Waals surface area contributed by atoms with E-state index in [9.17, 15) is 14.4 Å². The SMILES string of the molecule is COc1cccc(C(=O)N2[C@@H](C(=O)N[C@@H](C)c3ccccc3)COC23CCN(C(=O)c2ccc(Cl)c(Cl)c2)CC3)c1. The maximum absolute atomic E-state index is 14.1. The summed E-state index contributed by atoms with van der Waals surface area (Å²) in [5.74, 6) is -0.291. The first-order valence-electron chi connectivity index (χ1n) is 13.4. The van der Waals surface area contributed by atoms with Crippen LogP contribution in [0.2, 0.25) is 10.0 Å². The lowest BCUT2D eigenvalue weighted by Crippen LogP contribution is -2.60. The molecule has 0 radical (unpaired) electrons. The first-order chi connectivity index (χ1) is 19.7. The molecule has 2 aliphatic heterocycles. The van der Waals surface area contributed by atoms with Gasteiger partial charge in [-0.15, -0.1) is 0 Å². The van der Waals surface area contributed by atoms with Crippen molar-refractivity contribution in [2.24, 2.45) is 0 Å². The number of amides is 3. The molecule has 3 aromatic rings. The summed E-state index contributed by atoms with van der Waals surface area (Å²) < 4.78 is 11.7. The van der Waals surface area contributed by atoms with Crippen LogP contribution in [0.4, 0.5) is 0 Å². The number of nitrogens with zero attached hydrogens (tertiary/aromatic N) is 2. The molecule has 10 heteroatoms. The van der Waals surface area contributed by atoms with Gasteiger partial charge in [-0.05, 0) is 48.9 Å². The topological polar surface area (TPSA) is 88.2 Å². The molecule has 3 aromatic carbocycles. The second-order valence-corrected chi connectivity index (χ2v) is 11.1. The van der Waals surface area contributed by atoms with Crippen molar-refractivity contribution in [3.63, 3.8) is 0 Å². The third-order valence-electron chi connectivity index (χ3n) is 7.76. The van der Waals surface area contributed by atoms with E-state index >= 15 is 0 Å². The van der Waals surface area contributed by atoms with Crippen LogP contribution >= 0.6 is 23.2 Å². The van der Waals surface area contributed by atoms with E-state index in [1.807, 2.05) is 37.3 Å². The van der Waals surface area contributed by atoms with E-state index in [2.05, 4.69) is 5.32 Å². The van der Waals surface area contributed by atoms with Crippen LogP contribution in [-0.4, -0.2) is 66.1 Å². The Morgan fingerprint density at radius 2 is 1.63 bits per heavy atom. The zero-order valence-electron chi connectivity index (χ0n) is 22.8. The highest BCUT2D eigenvalue weighted by molar-refractivity contribution is 6.42. The van der Waals surface area contributed by atoms with Crippen LogP contribution in [0.1, 0.15) is 52.1 Å². The quantitative estimate of drug-likeness (QED) is 0.415. The number of hydrogen-bond donors (Lipinski definition) is 1. The molecule has 0 aliphatic carbocycles. The Kier molecular flexibility index (Phi) is 8.54. The Labute approximate surface area is 249 Å². The largest absolute Gasteiger partial charge is 0.497 e. The molecule has 1 spiro atoms. The summed E-state index contributed by atoms with van der Waals surface area (Å²) in [7, 11) is 1.53. The molecule has 0 unspecified atom stereocenters. The van der Waals surface area contributed by atoms with E-state index in [0.717, 1.165) is 5.56 Å². The van der Waals surface area contributed by atoms with Gasteiger partial charge in [0.05, 0.1) is 29.8 Å². The van der Waals surface area contributed by atoms with Gasteiger partial charge in [-0.2, -0.15) is 0 Å². The number of carbonyl (C=O) groups excluding carboxylic acids is 3. The van der Waals surface area contributed by atoms with Gasteiger partial charge in [-0.1, -0.05) is 59.6 Å². The van der Waals surface area contributed by atoms with Crippen molar-refractivity contribution in [2.75, 3.05) is 26.8 Å². The molecule has 2 saturated heterocycles. The molecule has 8 nitrogen and oxygen atoms in total. The molecule has 5 rings (SSSR count). The lowest BCUT2D eigenvalue weighted by molar-refractivity contribution is -0.128. The average Bonchev–Trinajstić information content (AvgIpc) is 3.37. The summed E-state index contributed by atoms with van der Waals surface area (Å²) in [6.45, 7) is 2.61.